The van der Waals surface area contributed by atoms with Crippen molar-refractivity contribution in [3.05, 3.63) is 11.2 Å². The molecule has 0 radical (unpaired) electrons. The molecule has 0 saturated carbocycles. The molecule has 0 aliphatic carbocycles. The summed E-state index contributed by atoms with van der Waals surface area (Å²) in [6.45, 7) is 0.466. The van der Waals surface area contributed by atoms with Gasteiger partial charge in [-0.1, -0.05) is 11.6 Å². The summed E-state index contributed by atoms with van der Waals surface area (Å²) in [7, 11) is 3.55. The second kappa shape index (κ2) is 7.74. The van der Waals surface area contributed by atoms with Crippen LogP contribution in [0.1, 0.15) is 38.5 Å². The van der Waals surface area contributed by atoms with Crippen LogP contribution in [0, 0.1) is 0 Å². The van der Waals surface area contributed by atoms with Gasteiger partial charge in [-0.25, -0.2) is 4.98 Å². The van der Waals surface area contributed by atoms with Gasteiger partial charge in [0.25, 0.3) is 0 Å². The molecule has 3 heterocycles. The van der Waals surface area contributed by atoms with E-state index in [1.165, 1.54) is 6.07 Å². The molecule has 0 spiro atoms. The van der Waals surface area contributed by atoms with Crippen molar-refractivity contribution in [3.63, 3.8) is 0 Å². The highest BCUT2D eigenvalue weighted by molar-refractivity contribution is 6.29. The third-order valence-corrected chi connectivity index (χ3v) is 5.48. The first kappa shape index (κ1) is 18.2. The summed E-state index contributed by atoms with van der Waals surface area (Å²) in [6, 6.07) is 2.04. The zero-order valence-corrected chi connectivity index (χ0v) is 15.4. The van der Waals surface area contributed by atoms with Crippen LogP contribution in [0.15, 0.2) is 6.07 Å². The summed E-state index contributed by atoms with van der Waals surface area (Å²) in [5.74, 6) is 0.482. The molecule has 138 valence electrons. The van der Waals surface area contributed by atoms with E-state index >= 15 is 0 Å². The fourth-order valence-electron chi connectivity index (χ4n) is 4.11. The third kappa shape index (κ3) is 3.98. The zero-order chi connectivity index (χ0) is 18.0. The normalized spacial score (nSPS) is 25.7. The Hall–Kier alpha value is -1.60. The van der Waals surface area contributed by atoms with Gasteiger partial charge >= 0.3 is 0 Å². The molecular weight excluding hydrogens is 344 g/mol. The van der Waals surface area contributed by atoms with Gasteiger partial charge in [-0.3, -0.25) is 4.79 Å². The maximum absolute atomic E-state index is 12.6. The van der Waals surface area contributed by atoms with Crippen LogP contribution < -0.4 is 4.90 Å². The fraction of sp³-hybridized carbons (Fsp3) is 0.706. The van der Waals surface area contributed by atoms with E-state index in [0.29, 0.717) is 19.0 Å². The third-order valence-electron chi connectivity index (χ3n) is 5.29. The van der Waals surface area contributed by atoms with E-state index in [0.717, 1.165) is 32.1 Å². The molecule has 3 rings (SSSR count). The van der Waals surface area contributed by atoms with Crippen molar-refractivity contribution >= 4 is 23.5 Å². The van der Waals surface area contributed by atoms with Crippen molar-refractivity contribution in [2.24, 2.45) is 0 Å². The van der Waals surface area contributed by atoms with Gasteiger partial charge < -0.3 is 19.6 Å². The van der Waals surface area contributed by atoms with E-state index in [4.69, 9.17) is 16.3 Å². The van der Waals surface area contributed by atoms with Crippen molar-refractivity contribution in [1.82, 2.24) is 14.9 Å². The van der Waals surface area contributed by atoms with Crippen LogP contribution in [0.4, 0.5) is 5.95 Å². The Morgan fingerprint density at radius 2 is 2.08 bits per heavy atom. The van der Waals surface area contributed by atoms with Crippen molar-refractivity contribution in [2.75, 3.05) is 25.7 Å². The first-order valence-corrected chi connectivity index (χ1v) is 9.14. The number of fused-ring (bicyclic) bond motifs is 2. The van der Waals surface area contributed by atoms with E-state index in [9.17, 15) is 9.90 Å². The number of halogens is 1. The molecule has 2 aliphatic heterocycles. The quantitative estimate of drug-likeness (QED) is 0.803. The minimum absolute atomic E-state index is 0.130. The predicted octanol–water partition coefficient (Wildman–Crippen LogP) is 2.22. The Bertz CT molecular complexity index is 596. The molecule has 1 N–H and O–H groups in total. The van der Waals surface area contributed by atoms with Crippen LogP contribution >= 0.6 is 11.6 Å². The number of amides is 1. The largest absolute Gasteiger partial charge is 0.493 e. The highest BCUT2D eigenvalue weighted by Crippen LogP contribution is 2.37. The van der Waals surface area contributed by atoms with Crippen LogP contribution in [0.3, 0.4) is 0 Å². The summed E-state index contributed by atoms with van der Waals surface area (Å²) >= 11 is 5.94. The Morgan fingerprint density at radius 3 is 2.68 bits per heavy atom. The molecule has 2 fully saturated rings. The minimum atomic E-state index is -0.130. The number of carbonyl (C=O) groups excluding carboxylic acids is 1. The minimum Gasteiger partial charge on any atom is -0.493 e. The molecule has 2 saturated heterocycles. The summed E-state index contributed by atoms with van der Waals surface area (Å²) in [5.41, 5.74) is 0. The number of aromatic nitrogens is 2. The van der Waals surface area contributed by atoms with E-state index < -0.39 is 0 Å². The average Bonchev–Trinajstić information content (AvgIpc) is 2.57. The standard InChI is InChI=1S/C17H25ClN4O3/c1-21(17-19-14(18)10-15(23)20-17)13-8-11-4-3-5-12(9-13)22(11)16(24)6-7-25-2/h10-13H,3-9H2,1-2H3,(H,19,20,23)/t11-,12+,13-. The van der Waals surface area contributed by atoms with Crippen molar-refractivity contribution < 1.29 is 14.6 Å². The van der Waals surface area contributed by atoms with Gasteiger partial charge in [-0.15, -0.1) is 0 Å². The monoisotopic (exact) mass is 368 g/mol. The van der Waals surface area contributed by atoms with Crippen LogP contribution in [-0.2, 0) is 9.53 Å². The van der Waals surface area contributed by atoms with Gasteiger partial charge in [0, 0.05) is 38.3 Å². The second-order valence-electron chi connectivity index (χ2n) is 6.87. The molecule has 7 nitrogen and oxygen atoms in total. The highest BCUT2D eigenvalue weighted by atomic mass is 35.5. The first-order valence-electron chi connectivity index (χ1n) is 8.76. The van der Waals surface area contributed by atoms with Gasteiger partial charge in [0.1, 0.15) is 5.15 Å². The van der Waals surface area contributed by atoms with Gasteiger partial charge in [0.05, 0.1) is 13.0 Å². The van der Waals surface area contributed by atoms with Crippen LogP contribution in [-0.4, -0.2) is 64.8 Å². The van der Waals surface area contributed by atoms with Crippen molar-refractivity contribution in [3.8, 4) is 5.88 Å². The summed E-state index contributed by atoms with van der Waals surface area (Å²) in [5, 5.41) is 9.90. The van der Waals surface area contributed by atoms with Gasteiger partial charge in [0.2, 0.25) is 17.7 Å². The molecule has 1 amide bonds. The number of hydrogen-bond acceptors (Lipinski definition) is 6. The summed E-state index contributed by atoms with van der Waals surface area (Å²) < 4.78 is 5.06. The number of nitrogens with zero attached hydrogens (tertiary/aromatic N) is 4. The number of hydrogen-bond donors (Lipinski definition) is 1. The number of rotatable bonds is 5. The molecule has 1 aromatic rings. The number of methoxy groups -OCH3 is 1. The SMILES string of the molecule is COCCC(=O)N1[C@@H]2CCC[C@H]1C[C@H](N(C)c1nc(O)cc(Cl)n1)C2. The summed E-state index contributed by atoms with van der Waals surface area (Å²) in [4.78, 5) is 24.9. The molecule has 1 aromatic heterocycles. The van der Waals surface area contributed by atoms with E-state index in [1.54, 1.807) is 7.11 Å². The zero-order valence-electron chi connectivity index (χ0n) is 14.7. The Balaban J connectivity index is 1.73. The van der Waals surface area contributed by atoms with Gasteiger partial charge in [-0.2, -0.15) is 4.98 Å². The second-order valence-corrected chi connectivity index (χ2v) is 7.25. The number of aromatic hydroxyl groups is 1. The molecule has 8 heteroatoms. The predicted molar refractivity (Wildman–Crippen MR) is 94.9 cm³/mol. The lowest BCUT2D eigenvalue weighted by Gasteiger charge is -2.50. The Kier molecular flexibility index (Phi) is 5.64. The van der Waals surface area contributed by atoms with Crippen LogP contribution in [0.2, 0.25) is 5.15 Å². The average molecular weight is 369 g/mol. The number of carbonyl (C=O) groups is 1. The number of ether oxygens (including phenoxy) is 1. The van der Waals surface area contributed by atoms with E-state index in [2.05, 4.69) is 14.9 Å². The van der Waals surface area contributed by atoms with E-state index in [-0.39, 0.29) is 35.1 Å². The number of anilines is 1. The molecular formula is C17H25ClN4O3. The molecule has 0 aromatic carbocycles. The molecule has 2 bridgehead atoms. The lowest BCUT2D eigenvalue weighted by Crippen LogP contribution is -2.58. The highest BCUT2D eigenvalue weighted by Gasteiger charge is 2.42. The number of piperidine rings is 2. The lowest BCUT2D eigenvalue weighted by atomic mass is 9.81. The Labute approximate surface area is 152 Å². The molecule has 0 unspecified atom stereocenters. The smallest absolute Gasteiger partial charge is 0.230 e. The Morgan fingerprint density at radius 1 is 1.40 bits per heavy atom. The van der Waals surface area contributed by atoms with Crippen LogP contribution in [0.5, 0.6) is 5.88 Å². The van der Waals surface area contributed by atoms with Crippen molar-refractivity contribution in [2.45, 2.75) is 56.7 Å². The molecule has 25 heavy (non-hydrogen) atoms. The van der Waals surface area contributed by atoms with Crippen molar-refractivity contribution in [1.29, 1.82) is 0 Å². The van der Waals surface area contributed by atoms with Gasteiger partial charge in [0.15, 0.2) is 0 Å². The lowest BCUT2D eigenvalue weighted by molar-refractivity contribution is -0.142. The van der Waals surface area contributed by atoms with E-state index in [1.807, 2.05) is 11.9 Å². The topological polar surface area (TPSA) is 78.8 Å². The fourth-order valence-corrected chi connectivity index (χ4v) is 4.28. The first-order chi connectivity index (χ1) is 12.0. The summed E-state index contributed by atoms with van der Waals surface area (Å²) in [6.07, 6.45) is 5.41. The maximum atomic E-state index is 12.6. The molecule has 3 atom stereocenters. The maximum Gasteiger partial charge on any atom is 0.230 e. The van der Waals surface area contributed by atoms with Crippen LogP contribution in [0.25, 0.3) is 0 Å². The van der Waals surface area contributed by atoms with Gasteiger partial charge in [-0.05, 0) is 32.1 Å². The molecule has 2 aliphatic rings.